The molecule has 0 bridgehead atoms. The van der Waals surface area contributed by atoms with Gasteiger partial charge in [-0.25, -0.2) is 8.42 Å². The quantitative estimate of drug-likeness (QED) is 0.280. The molecule has 8 nitrogen and oxygen atoms in total. The van der Waals surface area contributed by atoms with Gasteiger partial charge >= 0.3 is 6.18 Å². The van der Waals surface area contributed by atoms with E-state index < -0.39 is 26.7 Å². The predicted octanol–water partition coefficient (Wildman–Crippen LogP) is 5.68. The van der Waals surface area contributed by atoms with Crippen molar-refractivity contribution >= 4 is 26.5 Å². The molecule has 1 N–H and O–H groups in total. The van der Waals surface area contributed by atoms with Gasteiger partial charge in [-0.3, -0.25) is 9.71 Å². The predicted molar refractivity (Wildman–Crippen MR) is 139 cm³/mol. The zero-order valence-electron chi connectivity index (χ0n) is 21.4. The first-order chi connectivity index (χ1) is 18.5. The molecule has 0 amide bonds. The molecule has 0 atom stereocenters. The number of halogens is 3. The minimum Gasteiger partial charge on any atom is -0.493 e. The number of hydrogen-bond acceptors (Lipinski definition) is 7. The Morgan fingerprint density at radius 1 is 0.821 bits per heavy atom. The smallest absolute Gasteiger partial charge is 0.416 e. The van der Waals surface area contributed by atoms with Crippen LogP contribution in [0.5, 0.6) is 23.0 Å². The molecule has 39 heavy (non-hydrogen) atoms. The second-order valence-corrected chi connectivity index (χ2v) is 10.0. The van der Waals surface area contributed by atoms with Crippen LogP contribution in [0.25, 0.3) is 10.8 Å². The molecule has 1 heterocycles. The van der Waals surface area contributed by atoms with Gasteiger partial charge in [0.15, 0.2) is 23.0 Å². The molecule has 12 heteroatoms. The average Bonchev–Trinajstić information content (AvgIpc) is 2.92. The van der Waals surface area contributed by atoms with Crippen molar-refractivity contribution in [1.29, 1.82) is 0 Å². The van der Waals surface area contributed by atoms with Gasteiger partial charge in [0.1, 0.15) is 0 Å². The number of pyridine rings is 1. The van der Waals surface area contributed by atoms with Crippen molar-refractivity contribution in [3.8, 4) is 23.0 Å². The number of alkyl halides is 3. The van der Waals surface area contributed by atoms with Gasteiger partial charge in [-0.05, 0) is 53.4 Å². The lowest BCUT2D eigenvalue weighted by Crippen LogP contribution is -2.16. The lowest BCUT2D eigenvalue weighted by molar-refractivity contribution is -0.137. The third-order valence-electron chi connectivity index (χ3n) is 6.03. The van der Waals surface area contributed by atoms with Gasteiger partial charge in [0.05, 0.1) is 50.3 Å². The summed E-state index contributed by atoms with van der Waals surface area (Å²) in [5.41, 5.74) is 0.0322. The van der Waals surface area contributed by atoms with Gasteiger partial charge in [0, 0.05) is 24.1 Å². The third kappa shape index (κ3) is 5.80. The fraction of sp³-hybridized carbons (Fsp3) is 0.222. The largest absolute Gasteiger partial charge is 0.493 e. The van der Waals surface area contributed by atoms with Crippen LogP contribution in [0.1, 0.15) is 16.8 Å². The zero-order valence-corrected chi connectivity index (χ0v) is 22.2. The standard InChI is InChI=1S/C27H25F3N2O6S/c1-35-23-11-16-8-9-31-22(20(16)14-25(23)37-3)10-17-12-24(36-2)26(38-4)15-21(17)32-39(33,34)19-7-5-6-18(13-19)27(28,29)30/h5-9,11-15,32H,10H2,1-4H3. The highest BCUT2D eigenvalue weighted by Crippen LogP contribution is 2.38. The molecule has 0 saturated carbocycles. The highest BCUT2D eigenvalue weighted by atomic mass is 32.2. The van der Waals surface area contributed by atoms with Crippen LogP contribution < -0.4 is 23.7 Å². The van der Waals surface area contributed by atoms with Crippen LogP contribution in [-0.2, 0) is 22.6 Å². The first-order valence-electron chi connectivity index (χ1n) is 11.4. The van der Waals surface area contributed by atoms with Gasteiger partial charge in [-0.15, -0.1) is 0 Å². The van der Waals surface area contributed by atoms with Gasteiger partial charge in [0.25, 0.3) is 10.0 Å². The van der Waals surface area contributed by atoms with Crippen LogP contribution in [-0.4, -0.2) is 41.8 Å². The van der Waals surface area contributed by atoms with E-state index in [4.69, 9.17) is 18.9 Å². The molecule has 0 aliphatic rings. The molecule has 0 radical (unpaired) electrons. The molecule has 206 valence electrons. The summed E-state index contributed by atoms with van der Waals surface area (Å²) < 4.78 is 90.1. The SMILES string of the molecule is COc1cc(Cc2nccc3cc(OC)c(OC)cc23)c(NS(=O)(=O)c2cccc(C(F)(F)F)c2)cc1OC. The summed E-state index contributed by atoms with van der Waals surface area (Å²) in [6, 6.07) is 11.9. The first kappa shape index (κ1) is 27.8. The van der Waals surface area contributed by atoms with Crippen molar-refractivity contribution in [3.63, 3.8) is 0 Å². The topological polar surface area (TPSA) is 96.0 Å². The van der Waals surface area contributed by atoms with E-state index in [-0.39, 0.29) is 17.9 Å². The average molecular weight is 563 g/mol. The number of benzene rings is 3. The summed E-state index contributed by atoms with van der Waals surface area (Å²) in [6.07, 6.45) is -2.96. The van der Waals surface area contributed by atoms with E-state index in [9.17, 15) is 21.6 Å². The summed E-state index contributed by atoms with van der Waals surface area (Å²) in [4.78, 5) is 3.95. The van der Waals surface area contributed by atoms with E-state index in [1.807, 2.05) is 0 Å². The number of anilines is 1. The molecule has 0 aliphatic heterocycles. The van der Waals surface area contributed by atoms with Crippen molar-refractivity contribution in [2.24, 2.45) is 0 Å². The van der Waals surface area contributed by atoms with E-state index in [0.29, 0.717) is 34.6 Å². The maximum absolute atomic E-state index is 13.2. The van der Waals surface area contributed by atoms with Crippen LogP contribution in [0, 0.1) is 0 Å². The van der Waals surface area contributed by atoms with Crippen molar-refractivity contribution in [2.45, 2.75) is 17.5 Å². The van der Waals surface area contributed by atoms with E-state index in [1.165, 1.54) is 34.5 Å². The minimum atomic E-state index is -4.70. The van der Waals surface area contributed by atoms with Crippen molar-refractivity contribution in [2.75, 3.05) is 33.2 Å². The molecule has 3 aromatic carbocycles. The fourth-order valence-corrected chi connectivity index (χ4v) is 5.22. The number of nitrogens with one attached hydrogen (secondary N) is 1. The summed E-state index contributed by atoms with van der Waals surface area (Å²) in [6.45, 7) is 0. The maximum atomic E-state index is 13.2. The summed E-state index contributed by atoms with van der Waals surface area (Å²) in [5, 5.41) is 1.54. The Morgan fingerprint density at radius 2 is 1.44 bits per heavy atom. The van der Waals surface area contributed by atoms with E-state index in [1.54, 1.807) is 30.5 Å². The van der Waals surface area contributed by atoms with Gasteiger partial charge < -0.3 is 18.9 Å². The second kappa shape index (κ2) is 10.9. The Balaban J connectivity index is 1.82. The van der Waals surface area contributed by atoms with E-state index >= 15 is 0 Å². The molecular formula is C27H25F3N2O6S. The Bertz CT molecular complexity index is 1620. The van der Waals surface area contributed by atoms with E-state index in [0.717, 1.165) is 29.0 Å². The fourth-order valence-electron chi connectivity index (χ4n) is 4.09. The van der Waals surface area contributed by atoms with Crippen LogP contribution >= 0.6 is 0 Å². The molecule has 4 rings (SSSR count). The van der Waals surface area contributed by atoms with Crippen LogP contribution in [0.15, 0.2) is 65.7 Å². The molecule has 0 fully saturated rings. The lowest BCUT2D eigenvalue weighted by atomic mass is 10.0. The number of ether oxygens (including phenoxy) is 4. The number of rotatable bonds is 9. The van der Waals surface area contributed by atoms with Crippen LogP contribution in [0.4, 0.5) is 18.9 Å². The number of hydrogen-bond donors (Lipinski definition) is 1. The highest BCUT2D eigenvalue weighted by molar-refractivity contribution is 7.92. The van der Waals surface area contributed by atoms with Gasteiger partial charge in [0.2, 0.25) is 0 Å². The lowest BCUT2D eigenvalue weighted by Gasteiger charge is -2.18. The molecule has 0 spiro atoms. The van der Waals surface area contributed by atoms with Crippen molar-refractivity contribution in [1.82, 2.24) is 4.98 Å². The molecule has 1 aromatic heterocycles. The minimum absolute atomic E-state index is 0.0874. The molecule has 4 aromatic rings. The highest BCUT2D eigenvalue weighted by Gasteiger charge is 2.32. The number of nitrogens with zero attached hydrogens (tertiary/aromatic N) is 1. The van der Waals surface area contributed by atoms with Gasteiger partial charge in [-0.2, -0.15) is 13.2 Å². The Labute approximate surface area is 223 Å². The summed E-state index contributed by atoms with van der Waals surface area (Å²) in [7, 11) is 1.43. The maximum Gasteiger partial charge on any atom is 0.416 e. The zero-order chi connectivity index (χ0) is 28.4. The summed E-state index contributed by atoms with van der Waals surface area (Å²) >= 11 is 0. The molecule has 0 unspecified atom stereocenters. The van der Waals surface area contributed by atoms with Crippen LogP contribution in [0.3, 0.4) is 0 Å². The molecular weight excluding hydrogens is 537 g/mol. The number of methoxy groups -OCH3 is 4. The third-order valence-corrected chi connectivity index (χ3v) is 7.40. The Morgan fingerprint density at radius 3 is 2.08 bits per heavy atom. The monoisotopic (exact) mass is 562 g/mol. The Hall–Kier alpha value is -4.19. The van der Waals surface area contributed by atoms with E-state index in [2.05, 4.69) is 9.71 Å². The number of aromatic nitrogens is 1. The molecule has 0 saturated heterocycles. The summed E-state index contributed by atoms with van der Waals surface area (Å²) in [5.74, 6) is 1.56. The normalized spacial score (nSPS) is 11.8. The second-order valence-electron chi connectivity index (χ2n) is 8.36. The van der Waals surface area contributed by atoms with Crippen molar-refractivity contribution < 1.29 is 40.5 Å². The molecule has 0 aliphatic carbocycles. The van der Waals surface area contributed by atoms with Gasteiger partial charge in [-0.1, -0.05) is 6.07 Å². The number of sulfonamides is 1. The Kier molecular flexibility index (Phi) is 7.77. The van der Waals surface area contributed by atoms with Crippen molar-refractivity contribution in [3.05, 3.63) is 77.6 Å². The van der Waals surface area contributed by atoms with Crippen LogP contribution in [0.2, 0.25) is 0 Å². The number of fused-ring (bicyclic) bond motifs is 1. The first-order valence-corrected chi connectivity index (χ1v) is 12.9.